The van der Waals surface area contributed by atoms with Crippen molar-refractivity contribution in [2.75, 3.05) is 0 Å². The first-order valence-electron chi connectivity index (χ1n) is 5.35. The lowest BCUT2D eigenvalue weighted by Crippen LogP contribution is -2.51. The summed E-state index contributed by atoms with van der Waals surface area (Å²) in [5.41, 5.74) is -0.605. The van der Waals surface area contributed by atoms with Crippen LogP contribution in [0, 0.1) is 0 Å². The monoisotopic (exact) mass is 231 g/mol. The van der Waals surface area contributed by atoms with Crippen molar-refractivity contribution in [2.45, 2.75) is 57.1 Å². The second-order valence-electron chi connectivity index (χ2n) is 5.23. The number of aliphatic hydroxyl groups is 2. The maximum absolute atomic E-state index is 11.7. The molecule has 0 aromatic heterocycles. The molecule has 1 heterocycles. The summed E-state index contributed by atoms with van der Waals surface area (Å²) in [6.07, 6.45) is -2.55. The van der Waals surface area contributed by atoms with E-state index in [1.807, 2.05) is 0 Å². The molecule has 6 nitrogen and oxygen atoms in total. The van der Waals surface area contributed by atoms with E-state index in [0.717, 1.165) is 5.06 Å². The number of fused-ring (bicyclic) bond motifs is 2. The molecule has 92 valence electrons. The van der Waals surface area contributed by atoms with E-state index in [1.165, 1.54) is 0 Å². The number of amides is 1. The molecule has 0 radical (unpaired) electrons. The van der Waals surface area contributed by atoms with E-state index in [1.54, 1.807) is 20.8 Å². The number of nitrogens with zero attached hydrogens (tertiary/aromatic N) is 1. The van der Waals surface area contributed by atoms with E-state index in [4.69, 9.17) is 9.57 Å². The number of rotatable bonds is 0. The number of hydrogen-bond donors (Lipinski definition) is 2. The van der Waals surface area contributed by atoms with Crippen molar-refractivity contribution in [2.24, 2.45) is 0 Å². The SMILES string of the molecule is CC(C)(C)OC(=O)N1O[C@@H]2C[C@H]1[C@@H](O)[C@H]2O. The van der Waals surface area contributed by atoms with E-state index in [0.29, 0.717) is 6.42 Å². The summed E-state index contributed by atoms with van der Waals surface area (Å²) in [4.78, 5) is 16.9. The van der Waals surface area contributed by atoms with Gasteiger partial charge < -0.3 is 14.9 Å². The summed E-state index contributed by atoms with van der Waals surface area (Å²) in [6.45, 7) is 5.26. The largest absolute Gasteiger partial charge is 0.442 e. The maximum atomic E-state index is 11.7. The smallest absolute Gasteiger partial charge is 0.434 e. The van der Waals surface area contributed by atoms with Crippen molar-refractivity contribution in [3.05, 3.63) is 0 Å². The van der Waals surface area contributed by atoms with Crippen LogP contribution in [0.4, 0.5) is 4.79 Å². The topological polar surface area (TPSA) is 79.2 Å². The van der Waals surface area contributed by atoms with Gasteiger partial charge in [-0.1, -0.05) is 0 Å². The third-order valence-corrected chi connectivity index (χ3v) is 2.72. The maximum Gasteiger partial charge on any atom is 0.434 e. The molecule has 1 amide bonds. The highest BCUT2D eigenvalue weighted by Crippen LogP contribution is 2.36. The third kappa shape index (κ3) is 1.88. The van der Waals surface area contributed by atoms with Gasteiger partial charge >= 0.3 is 6.09 Å². The molecule has 4 atom stereocenters. The minimum Gasteiger partial charge on any atom is -0.442 e. The second kappa shape index (κ2) is 3.58. The molecule has 2 N–H and O–H groups in total. The Hall–Kier alpha value is -0.850. The molecule has 2 fully saturated rings. The molecule has 1 aliphatic carbocycles. The first-order valence-corrected chi connectivity index (χ1v) is 5.35. The van der Waals surface area contributed by atoms with E-state index in [9.17, 15) is 15.0 Å². The molecular weight excluding hydrogens is 214 g/mol. The zero-order valence-corrected chi connectivity index (χ0v) is 9.58. The Morgan fingerprint density at radius 1 is 1.38 bits per heavy atom. The Morgan fingerprint density at radius 2 is 2.00 bits per heavy atom. The lowest BCUT2D eigenvalue weighted by atomic mass is 10.2. The molecule has 0 aromatic carbocycles. The summed E-state index contributed by atoms with van der Waals surface area (Å²) >= 11 is 0. The van der Waals surface area contributed by atoms with Crippen molar-refractivity contribution in [3.63, 3.8) is 0 Å². The summed E-state index contributed by atoms with van der Waals surface area (Å²) in [5.74, 6) is 0. The van der Waals surface area contributed by atoms with Crippen LogP contribution in [0.15, 0.2) is 0 Å². The number of carbonyl (C=O) groups is 1. The Bertz CT molecular complexity index is 298. The lowest BCUT2D eigenvalue weighted by molar-refractivity contribution is -0.228. The van der Waals surface area contributed by atoms with Crippen LogP contribution in [0.3, 0.4) is 0 Å². The zero-order chi connectivity index (χ0) is 12.1. The van der Waals surface area contributed by atoms with E-state index in [-0.39, 0.29) is 0 Å². The van der Waals surface area contributed by atoms with E-state index >= 15 is 0 Å². The normalized spacial score (nSPS) is 37.9. The second-order valence-corrected chi connectivity index (χ2v) is 5.23. The van der Waals surface area contributed by atoms with Gasteiger partial charge in [0.25, 0.3) is 0 Å². The number of ether oxygens (including phenoxy) is 1. The average Bonchev–Trinajstić information content (AvgIpc) is 2.65. The van der Waals surface area contributed by atoms with Gasteiger partial charge in [0.15, 0.2) is 0 Å². The zero-order valence-electron chi connectivity index (χ0n) is 9.58. The third-order valence-electron chi connectivity index (χ3n) is 2.72. The van der Waals surface area contributed by atoms with Crippen LogP contribution in [-0.4, -0.2) is 51.3 Å². The molecule has 2 aliphatic rings. The predicted octanol–water partition coefficient (Wildman–Crippen LogP) is 0.0314. The highest BCUT2D eigenvalue weighted by molar-refractivity contribution is 5.68. The number of hydroxylamine groups is 2. The highest BCUT2D eigenvalue weighted by Gasteiger charge is 2.55. The molecule has 0 spiro atoms. The van der Waals surface area contributed by atoms with Crippen molar-refractivity contribution in [1.82, 2.24) is 5.06 Å². The number of aliphatic hydroxyl groups excluding tert-OH is 2. The Balaban J connectivity index is 2.01. The quantitative estimate of drug-likeness (QED) is 0.615. The van der Waals surface area contributed by atoms with Crippen molar-refractivity contribution in [3.8, 4) is 0 Å². The van der Waals surface area contributed by atoms with Crippen LogP contribution in [0.2, 0.25) is 0 Å². The van der Waals surface area contributed by atoms with Crippen LogP contribution in [0.25, 0.3) is 0 Å². The summed E-state index contributed by atoms with van der Waals surface area (Å²) in [7, 11) is 0. The van der Waals surface area contributed by atoms with Crippen molar-refractivity contribution >= 4 is 6.09 Å². The van der Waals surface area contributed by atoms with Gasteiger partial charge in [-0.05, 0) is 20.8 Å². The first-order chi connectivity index (χ1) is 7.29. The van der Waals surface area contributed by atoms with Gasteiger partial charge in [0, 0.05) is 6.42 Å². The lowest BCUT2D eigenvalue weighted by Gasteiger charge is -2.33. The van der Waals surface area contributed by atoms with Gasteiger partial charge in [-0.3, -0.25) is 4.84 Å². The molecule has 16 heavy (non-hydrogen) atoms. The summed E-state index contributed by atoms with van der Waals surface area (Å²) in [5, 5.41) is 20.1. The van der Waals surface area contributed by atoms with Gasteiger partial charge in [0.1, 0.15) is 23.9 Å². The standard InChI is InChI=1S/C10H17NO5/c1-10(2,3)15-9(14)11-5-4-6(16-11)8(13)7(5)12/h5-8,12-13H,4H2,1-3H3/t5-,6+,7+,8-/m0/s1. The number of hydrogen-bond acceptors (Lipinski definition) is 5. The van der Waals surface area contributed by atoms with E-state index < -0.39 is 36.0 Å². The highest BCUT2D eigenvalue weighted by atomic mass is 16.8. The Morgan fingerprint density at radius 3 is 2.44 bits per heavy atom. The minimum atomic E-state index is -0.953. The van der Waals surface area contributed by atoms with Crippen LogP contribution < -0.4 is 0 Å². The van der Waals surface area contributed by atoms with Gasteiger partial charge in [0.05, 0.1) is 6.04 Å². The van der Waals surface area contributed by atoms with Crippen LogP contribution >= 0.6 is 0 Å². The first kappa shape index (κ1) is 11.6. The Kier molecular flexibility index (Phi) is 2.60. The molecule has 1 saturated heterocycles. The van der Waals surface area contributed by atoms with Gasteiger partial charge in [0.2, 0.25) is 0 Å². The molecule has 2 bridgehead atoms. The fourth-order valence-electron chi connectivity index (χ4n) is 2.01. The molecule has 6 heteroatoms. The van der Waals surface area contributed by atoms with Gasteiger partial charge in [-0.25, -0.2) is 4.79 Å². The van der Waals surface area contributed by atoms with Crippen LogP contribution in [0.5, 0.6) is 0 Å². The molecular formula is C10H17NO5. The molecule has 1 saturated carbocycles. The summed E-state index contributed by atoms with van der Waals surface area (Å²) < 4.78 is 5.13. The molecule has 0 aromatic rings. The molecule has 2 rings (SSSR count). The molecule has 0 unspecified atom stereocenters. The van der Waals surface area contributed by atoms with Gasteiger partial charge in [-0.2, -0.15) is 5.06 Å². The van der Waals surface area contributed by atoms with Crippen LogP contribution in [-0.2, 0) is 9.57 Å². The van der Waals surface area contributed by atoms with Crippen molar-refractivity contribution in [1.29, 1.82) is 0 Å². The minimum absolute atomic E-state index is 0.446. The predicted molar refractivity (Wildman–Crippen MR) is 53.4 cm³/mol. The number of carbonyl (C=O) groups excluding carboxylic acids is 1. The average molecular weight is 231 g/mol. The van der Waals surface area contributed by atoms with Crippen LogP contribution in [0.1, 0.15) is 27.2 Å². The summed E-state index contributed by atoms with van der Waals surface area (Å²) in [6, 6.07) is -0.505. The Labute approximate surface area is 93.7 Å². The van der Waals surface area contributed by atoms with Gasteiger partial charge in [-0.15, -0.1) is 0 Å². The molecule has 1 aliphatic heterocycles. The fraction of sp³-hybridized carbons (Fsp3) is 0.900. The van der Waals surface area contributed by atoms with Crippen molar-refractivity contribution < 1.29 is 24.6 Å². The van der Waals surface area contributed by atoms with E-state index in [2.05, 4.69) is 0 Å². The fourth-order valence-corrected chi connectivity index (χ4v) is 2.01.